The summed E-state index contributed by atoms with van der Waals surface area (Å²) in [7, 11) is 0. The smallest absolute Gasteiger partial charge is 0.372 e. The standard InChI is InChI=1S/C13H16F3N/c14-13(15,16)12(9-5-2-6-10-12)17-11-7-3-1-4-8-11/h1,3-4,7-8,17H,2,5-6,9-10H2. The molecule has 1 nitrogen and oxygen atoms in total. The van der Waals surface area contributed by atoms with E-state index in [0.717, 1.165) is 6.42 Å². The van der Waals surface area contributed by atoms with Crippen molar-refractivity contribution in [3.05, 3.63) is 30.3 Å². The maximum atomic E-state index is 13.2. The summed E-state index contributed by atoms with van der Waals surface area (Å²) in [6.45, 7) is 0. The molecule has 1 aromatic carbocycles. The van der Waals surface area contributed by atoms with Gasteiger partial charge in [-0.3, -0.25) is 0 Å². The van der Waals surface area contributed by atoms with Crippen molar-refractivity contribution in [3.63, 3.8) is 0 Å². The summed E-state index contributed by atoms with van der Waals surface area (Å²) in [5.41, 5.74) is -1.18. The van der Waals surface area contributed by atoms with Gasteiger partial charge in [-0.05, 0) is 25.0 Å². The molecule has 0 heterocycles. The number of benzene rings is 1. The lowest BCUT2D eigenvalue weighted by Crippen LogP contribution is -2.53. The average Bonchev–Trinajstić information content (AvgIpc) is 2.30. The van der Waals surface area contributed by atoms with Crippen molar-refractivity contribution >= 4 is 5.69 Å². The Balaban J connectivity index is 2.22. The number of rotatable bonds is 2. The van der Waals surface area contributed by atoms with Gasteiger partial charge in [0.15, 0.2) is 0 Å². The Morgan fingerprint density at radius 2 is 1.53 bits per heavy atom. The van der Waals surface area contributed by atoms with Crippen molar-refractivity contribution < 1.29 is 13.2 Å². The number of halogens is 3. The first-order valence-electron chi connectivity index (χ1n) is 5.93. The number of alkyl halides is 3. The molecule has 0 saturated heterocycles. The average molecular weight is 243 g/mol. The van der Waals surface area contributed by atoms with Gasteiger partial charge in [-0.15, -0.1) is 0 Å². The Morgan fingerprint density at radius 3 is 2.06 bits per heavy atom. The number of nitrogens with one attached hydrogen (secondary N) is 1. The lowest BCUT2D eigenvalue weighted by atomic mass is 9.81. The quantitative estimate of drug-likeness (QED) is 0.813. The normalized spacial score (nSPS) is 19.9. The van der Waals surface area contributed by atoms with Gasteiger partial charge >= 0.3 is 6.18 Å². The molecule has 1 aromatic rings. The van der Waals surface area contributed by atoms with Gasteiger partial charge in [-0.1, -0.05) is 37.5 Å². The number of hydrogen-bond donors (Lipinski definition) is 1. The molecule has 2 rings (SSSR count). The van der Waals surface area contributed by atoms with Crippen molar-refractivity contribution in [2.24, 2.45) is 0 Å². The number of anilines is 1. The predicted octanol–water partition coefficient (Wildman–Crippen LogP) is 4.36. The second-order valence-electron chi connectivity index (χ2n) is 4.63. The van der Waals surface area contributed by atoms with Crippen molar-refractivity contribution in [1.82, 2.24) is 0 Å². The molecule has 1 fully saturated rings. The van der Waals surface area contributed by atoms with Crippen LogP contribution in [0.15, 0.2) is 30.3 Å². The molecular formula is C13H16F3N. The van der Waals surface area contributed by atoms with E-state index in [9.17, 15) is 13.2 Å². The maximum absolute atomic E-state index is 13.2. The lowest BCUT2D eigenvalue weighted by Gasteiger charge is -2.40. The van der Waals surface area contributed by atoms with E-state index in [1.54, 1.807) is 30.3 Å². The van der Waals surface area contributed by atoms with E-state index in [4.69, 9.17) is 0 Å². The van der Waals surface area contributed by atoms with Gasteiger partial charge in [0.1, 0.15) is 5.54 Å². The van der Waals surface area contributed by atoms with E-state index in [0.29, 0.717) is 18.5 Å². The van der Waals surface area contributed by atoms with Crippen LogP contribution < -0.4 is 5.32 Å². The lowest BCUT2D eigenvalue weighted by molar-refractivity contribution is -0.186. The van der Waals surface area contributed by atoms with Crippen molar-refractivity contribution in [1.29, 1.82) is 0 Å². The van der Waals surface area contributed by atoms with Gasteiger partial charge in [0.05, 0.1) is 0 Å². The summed E-state index contributed by atoms with van der Waals surface area (Å²) in [6, 6.07) is 8.65. The molecule has 17 heavy (non-hydrogen) atoms. The van der Waals surface area contributed by atoms with Gasteiger partial charge in [0.25, 0.3) is 0 Å². The minimum absolute atomic E-state index is 0.172. The molecule has 94 valence electrons. The van der Waals surface area contributed by atoms with Gasteiger partial charge in [0.2, 0.25) is 0 Å². The fraction of sp³-hybridized carbons (Fsp3) is 0.538. The van der Waals surface area contributed by atoms with Crippen LogP contribution >= 0.6 is 0 Å². The third kappa shape index (κ3) is 2.56. The first kappa shape index (κ1) is 12.3. The maximum Gasteiger partial charge on any atom is 0.411 e. The molecule has 1 N–H and O–H groups in total. The van der Waals surface area contributed by atoms with Crippen molar-refractivity contribution in [2.75, 3.05) is 5.32 Å². The summed E-state index contributed by atoms with van der Waals surface area (Å²) in [6.07, 6.45) is -1.67. The molecule has 1 aliphatic rings. The SMILES string of the molecule is FC(F)(F)C1(Nc2ccccc2)CCCCC1. The van der Waals surface area contributed by atoms with Crippen LogP contribution in [0.1, 0.15) is 32.1 Å². The topological polar surface area (TPSA) is 12.0 Å². The van der Waals surface area contributed by atoms with E-state index in [1.807, 2.05) is 0 Å². The highest BCUT2D eigenvalue weighted by Gasteiger charge is 2.54. The van der Waals surface area contributed by atoms with Gasteiger partial charge < -0.3 is 5.32 Å². The molecule has 0 aliphatic heterocycles. The van der Waals surface area contributed by atoms with Crippen molar-refractivity contribution in [3.8, 4) is 0 Å². The zero-order valence-electron chi connectivity index (χ0n) is 9.56. The fourth-order valence-corrected chi connectivity index (χ4v) is 2.43. The van der Waals surface area contributed by atoms with E-state index < -0.39 is 11.7 Å². The Hall–Kier alpha value is -1.19. The molecule has 1 aliphatic carbocycles. The first-order chi connectivity index (χ1) is 8.04. The second kappa shape index (κ2) is 4.59. The number of para-hydroxylation sites is 1. The molecule has 0 atom stereocenters. The third-order valence-corrected chi connectivity index (χ3v) is 3.41. The predicted molar refractivity (Wildman–Crippen MR) is 61.9 cm³/mol. The van der Waals surface area contributed by atoms with Gasteiger partial charge in [0, 0.05) is 5.69 Å². The Kier molecular flexibility index (Phi) is 3.31. The van der Waals surface area contributed by atoms with E-state index in [2.05, 4.69) is 5.32 Å². The molecule has 4 heteroatoms. The second-order valence-corrected chi connectivity index (χ2v) is 4.63. The molecule has 0 bridgehead atoms. The summed E-state index contributed by atoms with van der Waals surface area (Å²) in [5.74, 6) is 0. The van der Waals surface area contributed by atoms with Crippen LogP contribution in [0, 0.1) is 0 Å². The monoisotopic (exact) mass is 243 g/mol. The van der Waals surface area contributed by atoms with Crippen LogP contribution in [0.3, 0.4) is 0 Å². The molecule has 0 radical (unpaired) electrons. The van der Waals surface area contributed by atoms with Crippen LogP contribution in [-0.4, -0.2) is 11.7 Å². The van der Waals surface area contributed by atoms with Crippen LogP contribution in [-0.2, 0) is 0 Å². The number of hydrogen-bond acceptors (Lipinski definition) is 1. The summed E-state index contributed by atoms with van der Waals surface area (Å²) in [5, 5.41) is 2.71. The fourth-order valence-electron chi connectivity index (χ4n) is 2.43. The van der Waals surface area contributed by atoms with E-state index >= 15 is 0 Å². The van der Waals surface area contributed by atoms with Crippen molar-refractivity contribution in [2.45, 2.75) is 43.8 Å². The molecule has 0 amide bonds. The van der Waals surface area contributed by atoms with E-state index in [-0.39, 0.29) is 12.8 Å². The molecule has 0 spiro atoms. The van der Waals surface area contributed by atoms with Gasteiger partial charge in [-0.2, -0.15) is 13.2 Å². The Labute approximate surface area is 99.0 Å². The molecule has 0 aromatic heterocycles. The zero-order valence-corrected chi connectivity index (χ0v) is 9.56. The zero-order chi connectivity index (χ0) is 12.4. The first-order valence-corrected chi connectivity index (χ1v) is 5.93. The molecular weight excluding hydrogens is 227 g/mol. The van der Waals surface area contributed by atoms with Gasteiger partial charge in [-0.25, -0.2) is 0 Å². The highest BCUT2D eigenvalue weighted by Crippen LogP contribution is 2.43. The minimum atomic E-state index is -4.19. The Morgan fingerprint density at radius 1 is 0.941 bits per heavy atom. The summed E-state index contributed by atoms with van der Waals surface area (Å²) >= 11 is 0. The highest BCUT2D eigenvalue weighted by atomic mass is 19.4. The summed E-state index contributed by atoms with van der Waals surface area (Å²) in [4.78, 5) is 0. The van der Waals surface area contributed by atoms with Crippen LogP contribution in [0.4, 0.5) is 18.9 Å². The van der Waals surface area contributed by atoms with E-state index in [1.165, 1.54) is 0 Å². The largest absolute Gasteiger partial charge is 0.411 e. The van der Waals surface area contributed by atoms with Crippen LogP contribution in [0.5, 0.6) is 0 Å². The van der Waals surface area contributed by atoms with Crippen LogP contribution in [0.25, 0.3) is 0 Å². The molecule has 0 unspecified atom stereocenters. The minimum Gasteiger partial charge on any atom is -0.372 e. The highest BCUT2D eigenvalue weighted by molar-refractivity contribution is 5.46. The molecule has 1 saturated carbocycles. The summed E-state index contributed by atoms with van der Waals surface area (Å²) < 4.78 is 39.7. The third-order valence-electron chi connectivity index (χ3n) is 3.41. The Bertz CT molecular complexity index is 353. The van der Waals surface area contributed by atoms with Crippen LogP contribution in [0.2, 0.25) is 0 Å².